The van der Waals surface area contributed by atoms with E-state index in [0.29, 0.717) is 18.0 Å². The van der Waals surface area contributed by atoms with Gasteiger partial charge in [0.2, 0.25) is 0 Å². The number of hydrogen-bond donors (Lipinski definition) is 1. The van der Waals surface area contributed by atoms with Crippen LogP contribution in [0.15, 0.2) is 60.2 Å². The van der Waals surface area contributed by atoms with Gasteiger partial charge in [-0.15, -0.1) is 0 Å². The number of aliphatic hydroxyl groups is 1. The molecule has 2 aliphatic rings. The number of carbonyl (C=O) groups is 2. The van der Waals surface area contributed by atoms with Crippen molar-refractivity contribution in [3.63, 3.8) is 0 Å². The molecule has 0 saturated carbocycles. The third kappa shape index (κ3) is 5.02. The molecule has 0 bridgehead atoms. The predicted octanol–water partition coefficient (Wildman–Crippen LogP) is 3.95. The summed E-state index contributed by atoms with van der Waals surface area (Å²) in [5, 5.41) is 11.1. The fraction of sp³-hybridized carbons (Fsp3) is 0.407. The monoisotopic (exact) mass is 448 g/mol. The van der Waals surface area contributed by atoms with E-state index in [1.807, 2.05) is 30.3 Å². The minimum atomic E-state index is -0.624. The van der Waals surface area contributed by atoms with Crippen LogP contribution >= 0.6 is 0 Å². The molecule has 2 heterocycles. The molecule has 4 rings (SSSR count). The van der Waals surface area contributed by atoms with E-state index in [1.54, 1.807) is 29.2 Å². The van der Waals surface area contributed by atoms with E-state index in [2.05, 4.69) is 18.7 Å². The molecular weight excluding hydrogens is 416 g/mol. The summed E-state index contributed by atoms with van der Waals surface area (Å²) < 4.78 is 5.41. The molecule has 174 valence electrons. The molecule has 0 radical (unpaired) electrons. The second-order valence-corrected chi connectivity index (χ2v) is 8.99. The zero-order valence-corrected chi connectivity index (χ0v) is 19.4. The molecule has 0 aromatic heterocycles. The summed E-state index contributed by atoms with van der Waals surface area (Å²) >= 11 is 0. The number of ketones is 1. The standard InChI is InChI=1S/C27H32N2O4/c1-19(2)20-9-11-21(12-10-20)24-23(25(30)22-7-4-3-5-8-22)26(31)27(32)29(24)14-6-13-28-15-17-33-18-16-28/h3-5,7-12,19,24,30H,6,13-18H2,1-2H3/b25-23+/t24-/m0/s1. The number of aliphatic hydroxyl groups excluding tert-OH is 1. The van der Waals surface area contributed by atoms with Gasteiger partial charge in [0.1, 0.15) is 5.76 Å². The van der Waals surface area contributed by atoms with Crippen molar-refractivity contribution in [3.8, 4) is 0 Å². The topological polar surface area (TPSA) is 70.1 Å². The lowest BCUT2D eigenvalue weighted by Gasteiger charge is -2.29. The molecule has 2 saturated heterocycles. The molecule has 2 aliphatic heterocycles. The van der Waals surface area contributed by atoms with Crippen molar-refractivity contribution in [1.82, 2.24) is 9.80 Å². The number of amides is 1. The van der Waals surface area contributed by atoms with Gasteiger partial charge < -0.3 is 14.7 Å². The number of benzene rings is 2. The highest BCUT2D eigenvalue weighted by Crippen LogP contribution is 2.39. The largest absolute Gasteiger partial charge is 0.507 e. The maximum Gasteiger partial charge on any atom is 0.295 e. The molecule has 2 fully saturated rings. The first kappa shape index (κ1) is 23.2. The Bertz CT molecular complexity index is 1010. The predicted molar refractivity (Wildman–Crippen MR) is 128 cm³/mol. The van der Waals surface area contributed by atoms with Gasteiger partial charge in [0.25, 0.3) is 11.7 Å². The summed E-state index contributed by atoms with van der Waals surface area (Å²) in [6, 6.07) is 16.4. The maximum absolute atomic E-state index is 13.1. The number of likely N-dealkylation sites (tertiary alicyclic amines) is 1. The third-order valence-corrected chi connectivity index (χ3v) is 6.48. The molecule has 6 heteroatoms. The van der Waals surface area contributed by atoms with Crippen molar-refractivity contribution in [1.29, 1.82) is 0 Å². The Kier molecular flexibility index (Phi) is 7.26. The third-order valence-electron chi connectivity index (χ3n) is 6.48. The number of rotatable bonds is 7. The zero-order valence-electron chi connectivity index (χ0n) is 19.4. The molecular formula is C27H32N2O4. The lowest BCUT2D eigenvalue weighted by Crippen LogP contribution is -2.38. The van der Waals surface area contributed by atoms with Crippen LogP contribution in [0.25, 0.3) is 5.76 Å². The van der Waals surface area contributed by atoms with Gasteiger partial charge in [0.15, 0.2) is 0 Å². The van der Waals surface area contributed by atoms with Gasteiger partial charge in [0, 0.05) is 31.7 Å². The van der Waals surface area contributed by atoms with Crippen molar-refractivity contribution < 1.29 is 19.4 Å². The summed E-state index contributed by atoms with van der Waals surface area (Å²) in [6.07, 6.45) is 0.749. The van der Waals surface area contributed by atoms with E-state index in [-0.39, 0.29) is 11.3 Å². The van der Waals surface area contributed by atoms with E-state index >= 15 is 0 Å². The normalized spacial score (nSPS) is 21.2. The van der Waals surface area contributed by atoms with Crippen LogP contribution in [-0.4, -0.2) is 66.0 Å². The number of Topliss-reactive ketones (excluding diaryl/α,β-unsaturated/α-hetero) is 1. The first-order valence-electron chi connectivity index (χ1n) is 11.7. The maximum atomic E-state index is 13.1. The number of carbonyl (C=O) groups excluding carboxylic acids is 2. The van der Waals surface area contributed by atoms with Gasteiger partial charge in [-0.25, -0.2) is 0 Å². The average Bonchev–Trinajstić information content (AvgIpc) is 3.10. The molecule has 33 heavy (non-hydrogen) atoms. The molecule has 2 aromatic carbocycles. The van der Waals surface area contributed by atoms with E-state index in [4.69, 9.17) is 4.74 Å². The minimum Gasteiger partial charge on any atom is -0.507 e. The SMILES string of the molecule is CC(C)c1ccc([C@H]2/C(=C(\O)c3ccccc3)C(=O)C(=O)N2CCCN2CCOCC2)cc1. The number of morpholine rings is 1. The van der Waals surface area contributed by atoms with E-state index in [1.165, 1.54) is 5.56 Å². The quantitative estimate of drug-likeness (QED) is 0.395. The molecule has 1 atom stereocenters. The molecule has 6 nitrogen and oxygen atoms in total. The van der Waals surface area contributed by atoms with Crippen molar-refractivity contribution in [2.24, 2.45) is 0 Å². The first-order chi connectivity index (χ1) is 16.0. The average molecular weight is 449 g/mol. The molecule has 0 unspecified atom stereocenters. The summed E-state index contributed by atoms with van der Waals surface area (Å²) in [4.78, 5) is 30.2. The smallest absolute Gasteiger partial charge is 0.295 e. The van der Waals surface area contributed by atoms with Crippen LogP contribution in [0.5, 0.6) is 0 Å². The van der Waals surface area contributed by atoms with Crippen LogP contribution in [0.2, 0.25) is 0 Å². The summed E-state index contributed by atoms with van der Waals surface area (Å²) in [6.45, 7) is 8.76. The van der Waals surface area contributed by atoms with Gasteiger partial charge >= 0.3 is 0 Å². The fourth-order valence-electron chi connectivity index (χ4n) is 4.56. The lowest BCUT2D eigenvalue weighted by molar-refractivity contribution is -0.140. The Morgan fingerprint density at radius 2 is 1.67 bits per heavy atom. The summed E-state index contributed by atoms with van der Waals surface area (Å²) in [5.74, 6) is -0.918. The van der Waals surface area contributed by atoms with Crippen LogP contribution in [-0.2, 0) is 14.3 Å². The number of ether oxygens (including phenoxy) is 1. The number of nitrogens with zero attached hydrogens (tertiary/aromatic N) is 2. The Labute approximate surface area is 195 Å². The number of hydrogen-bond acceptors (Lipinski definition) is 5. The molecule has 0 aliphatic carbocycles. The van der Waals surface area contributed by atoms with Gasteiger partial charge in [-0.3, -0.25) is 14.5 Å². The highest BCUT2D eigenvalue weighted by atomic mass is 16.5. The summed E-state index contributed by atoms with van der Waals surface area (Å²) in [7, 11) is 0. The highest BCUT2D eigenvalue weighted by molar-refractivity contribution is 6.46. The van der Waals surface area contributed by atoms with Gasteiger partial charge in [0.05, 0.1) is 24.8 Å². The van der Waals surface area contributed by atoms with Crippen LogP contribution in [0, 0.1) is 0 Å². The Hall–Kier alpha value is -2.96. The Morgan fingerprint density at radius 3 is 2.30 bits per heavy atom. The van der Waals surface area contributed by atoms with Crippen molar-refractivity contribution in [2.45, 2.75) is 32.2 Å². The van der Waals surface area contributed by atoms with Crippen LogP contribution in [0.1, 0.15) is 48.9 Å². The van der Waals surface area contributed by atoms with Crippen LogP contribution in [0.3, 0.4) is 0 Å². The molecule has 0 spiro atoms. The second kappa shape index (κ2) is 10.3. The van der Waals surface area contributed by atoms with Gasteiger partial charge in [-0.2, -0.15) is 0 Å². The zero-order chi connectivity index (χ0) is 23.4. The molecule has 1 N–H and O–H groups in total. The van der Waals surface area contributed by atoms with E-state index in [9.17, 15) is 14.7 Å². The lowest BCUT2D eigenvalue weighted by atomic mass is 9.93. The van der Waals surface area contributed by atoms with E-state index < -0.39 is 17.7 Å². The highest BCUT2D eigenvalue weighted by Gasteiger charge is 2.45. The van der Waals surface area contributed by atoms with E-state index in [0.717, 1.165) is 44.8 Å². The van der Waals surface area contributed by atoms with Crippen LogP contribution in [0.4, 0.5) is 0 Å². The second-order valence-electron chi connectivity index (χ2n) is 8.99. The van der Waals surface area contributed by atoms with Crippen LogP contribution < -0.4 is 0 Å². The Morgan fingerprint density at radius 1 is 1.00 bits per heavy atom. The minimum absolute atomic E-state index is 0.123. The van der Waals surface area contributed by atoms with Gasteiger partial charge in [-0.05, 0) is 23.5 Å². The summed E-state index contributed by atoms with van der Waals surface area (Å²) in [5.41, 5.74) is 2.72. The van der Waals surface area contributed by atoms with Gasteiger partial charge in [-0.1, -0.05) is 68.4 Å². The van der Waals surface area contributed by atoms with Crippen molar-refractivity contribution >= 4 is 17.4 Å². The van der Waals surface area contributed by atoms with Crippen molar-refractivity contribution in [2.75, 3.05) is 39.4 Å². The first-order valence-corrected chi connectivity index (χ1v) is 11.7. The van der Waals surface area contributed by atoms with Crippen molar-refractivity contribution in [3.05, 3.63) is 76.9 Å². The molecule has 2 aromatic rings. The fourth-order valence-corrected chi connectivity index (χ4v) is 4.56. The molecule has 1 amide bonds. The Balaban J connectivity index is 1.66.